The highest BCUT2D eigenvalue weighted by atomic mass is 19.1. The van der Waals surface area contributed by atoms with E-state index < -0.39 is 12.9 Å². The maximum atomic E-state index is 13.3. The highest BCUT2D eigenvalue weighted by molar-refractivity contribution is 6.57. The van der Waals surface area contributed by atoms with E-state index in [4.69, 9.17) is 14.5 Å². The number of benzene rings is 1. The Kier molecular flexibility index (Phi) is 2.57. The van der Waals surface area contributed by atoms with Crippen LogP contribution in [-0.2, 0) is 0 Å². The van der Waals surface area contributed by atoms with Gasteiger partial charge in [0.1, 0.15) is 17.2 Å². The second-order valence-electron chi connectivity index (χ2n) is 3.06. The molecule has 0 radical (unpaired) electrons. The fourth-order valence-electron chi connectivity index (χ4n) is 1.30. The fourth-order valence-corrected chi connectivity index (χ4v) is 1.30. The molecule has 2 N–H and O–H groups in total. The molecule has 2 rings (SSSR count). The van der Waals surface area contributed by atoms with Crippen LogP contribution in [0.1, 0.15) is 0 Å². The summed E-state index contributed by atoms with van der Waals surface area (Å²) < 4.78 is 18.4. The Morgan fingerprint density at radius 1 is 1.07 bits per heavy atom. The van der Waals surface area contributed by atoms with Gasteiger partial charge in [-0.2, -0.15) is 0 Å². The van der Waals surface area contributed by atoms with E-state index in [1.807, 2.05) is 0 Å². The Labute approximate surface area is 85.9 Å². The number of hydrogen-bond donors (Lipinski definition) is 2. The van der Waals surface area contributed by atoms with Gasteiger partial charge in [-0.1, -0.05) is 12.1 Å². The second-order valence-corrected chi connectivity index (χ2v) is 3.06. The first kappa shape index (κ1) is 9.95. The lowest BCUT2D eigenvalue weighted by Gasteiger charge is -1.98. The molecule has 0 bridgehead atoms. The number of furan rings is 1. The summed E-state index contributed by atoms with van der Waals surface area (Å²) in [6, 6.07) is 9.01. The van der Waals surface area contributed by atoms with Gasteiger partial charge in [-0.25, -0.2) is 4.39 Å². The van der Waals surface area contributed by atoms with Gasteiger partial charge in [0.05, 0.1) is 5.56 Å². The molecule has 1 aromatic heterocycles. The largest absolute Gasteiger partial charge is 0.526 e. The first-order valence-corrected chi connectivity index (χ1v) is 4.39. The Morgan fingerprint density at radius 3 is 2.40 bits per heavy atom. The van der Waals surface area contributed by atoms with Crippen molar-refractivity contribution in [1.29, 1.82) is 0 Å². The second kappa shape index (κ2) is 3.88. The topological polar surface area (TPSA) is 53.6 Å². The molecule has 5 heteroatoms. The highest BCUT2D eigenvalue weighted by Crippen LogP contribution is 2.21. The molecule has 3 nitrogen and oxygen atoms in total. The maximum absolute atomic E-state index is 13.3. The van der Waals surface area contributed by atoms with E-state index in [1.165, 1.54) is 18.2 Å². The van der Waals surface area contributed by atoms with Gasteiger partial charge >= 0.3 is 7.12 Å². The number of halogens is 1. The lowest BCUT2D eigenvalue weighted by atomic mass is 9.88. The molecule has 76 valence electrons. The van der Waals surface area contributed by atoms with Gasteiger partial charge in [-0.3, -0.25) is 0 Å². The van der Waals surface area contributed by atoms with E-state index in [1.54, 1.807) is 18.2 Å². The molecule has 15 heavy (non-hydrogen) atoms. The van der Waals surface area contributed by atoms with E-state index in [0.717, 1.165) is 0 Å². The molecule has 0 saturated carbocycles. The molecule has 0 aliphatic rings. The van der Waals surface area contributed by atoms with Crippen molar-refractivity contribution < 1.29 is 18.9 Å². The first-order chi connectivity index (χ1) is 7.18. The van der Waals surface area contributed by atoms with Crippen LogP contribution < -0.4 is 5.66 Å². The molecule has 0 fully saturated rings. The summed E-state index contributed by atoms with van der Waals surface area (Å²) in [5, 5.41) is 17.6. The van der Waals surface area contributed by atoms with Crippen LogP contribution in [0, 0.1) is 5.82 Å². The summed E-state index contributed by atoms with van der Waals surface area (Å²) in [7, 11) is -1.68. The monoisotopic (exact) mass is 206 g/mol. The quantitative estimate of drug-likeness (QED) is 0.713. The minimum atomic E-state index is -1.68. The Morgan fingerprint density at radius 2 is 1.80 bits per heavy atom. The molecule has 2 aromatic rings. The normalized spacial score (nSPS) is 10.3. The number of hydrogen-bond acceptors (Lipinski definition) is 3. The minimum absolute atomic E-state index is 0.00625. The van der Waals surface area contributed by atoms with Gasteiger partial charge in [-0.15, -0.1) is 0 Å². The van der Waals surface area contributed by atoms with Crippen LogP contribution in [0.25, 0.3) is 11.3 Å². The summed E-state index contributed by atoms with van der Waals surface area (Å²) in [6.45, 7) is 0. The predicted octanol–water partition coefficient (Wildman–Crippen LogP) is 0.765. The van der Waals surface area contributed by atoms with Crippen LogP contribution in [0.15, 0.2) is 40.8 Å². The lowest BCUT2D eigenvalue weighted by molar-refractivity contribution is 0.410. The van der Waals surface area contributed by atoms with Gasteiger partial charge in [0.2, 0.25) is 0 Å². The van der Waals surface area contributed by atoms with Crippen LogP contribution in [0.4, 0.5) is 4.39 Å². The van der Waals surface area contributed by atoms with Crippen LogP contribution in [0.3, 0.4) is 0 Å². The third-order valence-corrected chi connectivity index (χ3v) is 2.02. The summed E-state index contributed by atoms with van der Waals surface area (Å²) in [6.07, 6.45) is 0. The zero-order valence-electron chi connectivity index (χ0n) is 7.72. The molecule has 0 saturated heterocycles. The van der Waals surface area contributed by atoms with E-state index in [9.17, 15) is 4.39 Å². The summed E-state index contributed by atoms with van der Waals surface area (Å²) in [5.74, 6) is -0.137. The Hall–Kier alpha value is -1.59. The van der Waals surface area contributed by atoms with E-state index >= 15 is 0 Å². The SMILES string of the molecule is OB(O)c1ccc(-c2ccccc2F)o1. The van der Waals surface area contributed by atoms with Crippen molar-refractivity contribution in [2.45, 2.75) is 0 Å². The third kappa shape index (κ3) is 1.93. The summed E-state index contributed by atoms with van der Waals surface area (Å²) in [4.78, 5) is 0. The van der Waals surface area contributed by atoms with Crippen molar-refractivity contribution in [1.82, 2.24) is 0 Å². The molecule has 0 aliphatic carbocycles. The Bertz CT molecular complexity index is 467. The molecular weight excluding hydrogens is 198 g/mol. The lowest BCUT2D eigenvalue weighted by Crippen LogP contribution is -2.27. The average Bonchev–Trinajstić information content (AvgIpc) is 2.67. The minimum Gasteiger partial charge on any atom is -0.465 e. The van der Waals surface area contributed by atoms with Gasteiger partial charge in [0, 0.05) is 0 Å². The zero-order chi connectivity index (χ0) is 10.8. The van der Waals surface area contributed by atoms with E-state index in [0.29, 0.717) is 5.56 Å². The molecule has 0 spiro atoms. The first-order valence-electron chi connectivity index (χ1n) is 4.39. The van der Waals surface area contributed by atoms with Crippen LogP contribution >= 0.6 is 0 Å². The molecule has 0 aliphatic heterocycles. The summed E-state index contributed by atoms with van der Waals surface area (Å²) in [5.41, 5.74) is 0.289. The molecule has 0 amide bonds. The standard InChI is InChI=1S/C10H8BFO3/c12-8-4-2-1-3-7(8)9-5-6-10(15-9)11(13)14/h1-6,13-14H. The van der Waals surface area contributed by atoms with Crippen LogP contribution in [0.5, 0.6) is 0 Å². The van der Waals surface area contributed by atoms with Crippen molar-refractivity contribution in [2.24, 2.45) is 0 Å². The average molecular weight is 206 g/mol. The van der Waals surface area contributed by atoms with Crippen LogP contribution in [0.2, 0.25) is 0 Å². The molecule has 1 aromatic carbocycles. The van der Waals surface area contributed by atoms with Crippen molar-refractivity contribution in [3.8, 4) is 11.3 Å². The van der Waals surface area contributed by atoms with Crippen molar-refractivity contribution in [3.05, 3.63) is 42.2 Å². The molecule has 1 heterocycles. The van der Waals surface area contributed by atoms with Crippen LogP contribution in [-0.4, -0.2) is 17.2 Å². The van der Waals surface area contributed by atoms with Crippen molar-refractivity contribution in [2.75, 3.05) is 0 Å². The molecule has 0 unspecified atom stereocenters. The zero-order valence-corrected chi connectivity index (χ0v) is 7.72. The van der Waals surface area contributed by atoms with Gasteiger partial charge in [0.15, 0.2) is 0 Å². The smallest absolute Gasteiger partial charge is 0.465 e. The van der Waals surface area contributed by atoms with Gasteiger partial charge in [0.25, 0.3) is 0 Å². The summed E-state index contributed by atoms with van der Waals surface area (Å²) >= 11 is 0. The van der Waals surface area contributed by atoms with E-state index in [2.05, 4.69) is 0 Å². The molecule has 0 atom stereocenters. The van der Waals surface area contributed by atoms with Gasteiger partial charge in [-0.05, 0) is 24.3 Å². The van der Waals surface area contributed by atoms with Crippen molar-refractivity contribution in [3.63, 3.8) is 0 Å². The maximum Gasteiger partial charge on any atom is 0.526 e. The fraction of sp³-hybridized carbons (Fsp3) is 0. The van der Waals surface area contributed by atoms with E-state index in [-0.39, 0.29) is 11.4 Å². The van der Waals surface area contributed by atoms with Gasteiger partial charge < -0.3 is 14.5 Å². The molecular formula is C10H8BFO3. The van der Waals surface area contributed by atoms with Crippen molar-refractivity contribution >= 4 is 12.8 Å². The third-order valence-electron chi connectivity index (χ3n) is 2.02. The predicted molar refractivity (Wildman–Crippen MR) is 53.9 cm³/mol. The highest BCUT2D eigenvalue weighted by Gasteiger charge is 2.17. The Balaban J connectivity index is 2.42. The number of rotatable bonds is 2.